The molecule has 8 nitrogen and oxygen atoms in total. The van der Waals surface area contributed by atoms with E-state index in [0.29, 0.717) is 19.3 Å². The smallest absolute Gasteiger partial charge is 0.152 e. The van der Waals surface area contributed by atoms with Gasteiger partial charge in [-0.05, 0) is 31.2 Å². The van der Waals surface area contributed by atoms with Gasteiger partial charge in [-0.1, -0.05) is 13.3 Å². The molecule has 0 spiro atoms. The Morgan fingerprint density at radius 1 is 1.38 bits per heavy atom. The van der Waals surface area contributed by atoms with Crippen LogP contribution in [-0.2, 0) is 9.84 Å². The third-order valence-corrected chi connectivity index (χ3v) is 8.24. The molecule has 0 aromatic carbocycles. The molecule has 4 rings (SSSR count). The molecule has 0 bridgehead atoms. The van der Waals surface area contributed by atoms with Crippen molar-refractivity contribution < 1.29 is 8.42 Å². The first-order valence-electron chi connectivity index (χ1n) is 9.94. The summed E-state index contributed by atoms with van der Waals surface area (Å²) in [6.07, 6.45) is 10.4. The highest BCUT2D eigenvalue weighted by Gasteiger charge is 2.35. The van der Waals surface area contributed by atoms with Gasteiger partial charge in [0.15, 0.2) is 9.84 Å². The minimum Gasteiger partial charge on any atom is -0.346 e. The van der Waals surface area contributed by atoms with Gasteiger partial charge in [0.05, 0.1) is 35.7 Å². The molecule has 29 heavy (non-hydrogen) atoms. The molecule has 0 amide bonds. The van der Waals surface area contributed by atoms with Crippen LogP contribution in [0.4, 0.5) is 0 Å². The molecular formula is C20H24N6O2S. The summed E-state index contributed by atoms with van der Waals surface area (Å²) in [5, 5.41) is 14.5. The minimum absolute atomic E-state index is 0.111. The summed E-state index contributed by atoms with van der Waals surface area (Å²) in [5.41, 5.74) is 2.40. The maximum absolute atomic E-state index is 12.4. The first-order valence-corrected chi connectivity index (χ1v) is 11.7. The number of rotatable bonds is 6. The van der Waals surface area contributed by atoms with Gasteiger partial charge in [-0.25, -0.2) is 18.4 Å². The third-order valence-electron chi connectivity index (χ3n) is 5.99. The van der Waals surface area contributed by atoms with Crippen LogP contribution in [-0.4, -0.2) is 44.2 Å². The standard InChI is InChI=1S/C20H24N6O2S/c1-2-29(27,28)16-5-3-4-14(10-16)18(6-8-21)26-12-15(11-25-26)19-17-7-9-22-20(17)24-13-23-19/h7,9,11-14,16,18H,2-6,10H2,1H3,(H,22,23,24)/t14-,16?,18+/m1/s1. The zero-order valence-electron chi connectivity index (χ0n) is 16.3. The van der Waals surface area contributed by atoms with E-state index in [0.717, 1.165) is 35.1 Å². The van der Waals surface area contributed by atoms with Crippen LogP contribution in [0.1, 0.15) is 45.1 Å². The lowest BCUT2D eigenvalue weighted by atomic mass is 9.82. The van der Waals surface area contributed by atoms with E-state index < -0.39 is 9.84 Å². The van der Waals surface area contributed by atoms with Gasteiger partial charge in [0.2, 0.25) is 0 Å². The number of hydrogen-bond donors (Lipinski definition) is 1. The van der Waals surface area contributed by atoms with Crippen LogP contribution in [0, 0.1) is 17.2 Å². The monoisotopic (exact) mass is 412 g/mol. The van der Waals surface area contributed by atoms with E-state index in [2.05, 4.69) is 26.1 Å². The molecule has 152 valence electrons. The quantitative estimate of drug-likeness (QED) is 0.664. The summed E-state index contributed by atoms with van der Waals surface area (Å²) in [6.45, 7) is 1.70. The number of nitrogens with zero attached hydrogens (tertiary/aromatic N) is 5. The molecule has 9 heteroatoms. The predicted molar refractivity (Wildman–Crippen MR) is 110 cm³/mol. The van der Waals surface area contributed by atoms with Crippen LogP contribution < -0.4 is 0 Å². The Labute approximate surface area is 169 Å². The Morgan fingerprint density at radius 3 is 3.03 bits per heavy atom. The molecule has 0 saturated heterocycles. The number of aromatic nitrogens is 5. The van der Waals surface area contributed by atoms with Crippen LogP contribution in [0.5, 0.6) is 0 Å². The molecule has 1 fully saturated rings. The lowest BCUT2D eigenvalue weighted by Gasteiger charge is -2.33. The zero-order chi connectivity index (χ0) is 20.4. The SMILES string of the molecule is CCS(=O)(=O)C1CCC[C@@H]([C@H](CC#N)n2cc(-c3ncnc4[nH]ccc34)cn2)C1. The number of hydrogen-bond acceptors (Lipinski definition) is 6. The molecule has 1 aliphatic rings. The summed E-state index contributed by atoms with van der Waals surface area (Å²) in [6, 6.07) is 4.05. The van der Waals surface area contributed by atoms with E-state index in [1.165, 1.54) is 6.33 Å². The average molecular weight is 413 g/mol. The second-order valence-corrected chi connectivity index (χ2v) is 10.2. The molecule has 3 atom stereocenters. The molecule has 1 aliphatic carbocycles. The van der Waals surface area contributed by atoms with Gasteiger partial charge in [0, 0.05) is 29.1 Å². The highest BCUT2D eigenvalue weighted by Crippen LogP contribution is 2.38. The normalized spacial score (nSPS) is 21.1. The lowest BCUT2D eigenvalue weighted by Crippen LogP contribution is -2.33. The van der Waals surface area contributed by atoms with E-state index in [9.17, 15) is 13.7 Å². The second-order valence-electron chi connectivity index (χ2n) is 7.60. The van der Waals surface area contributed by atoms with Gasteiger partial charge < -0.3 is 4.98 Å². The molecule has 3 aromatic rings. The molecular weight excluding hydrogens is 388 g/mol. The maximum atomic E-state index is 12.4. The first kappa shape index (κ1) is 19.6. The molecule has 1 N–H and O–H groups in total. The van der Waals surface area contributed by atoms with Crippen molar-refractivity contribution in [2.45, 2.75) is 50.3 Å². The second kappa shape index (κ2) is 7.95. The zero-order valence-corrected chi connectivity index (χ0v) is 17.1. The van der Waals surface area contributed by atoms with E-state index in [1.54, 1.807) is 13.1 Å². The van der Waals surface area contributed by atoms with E-state index in [1.807, 2.05) is 23.1 Å². The fourth-order valence-electron chi connectivity index (χ4n) is 4.41. The largest absolute Gasteiger partial charge is 0.346 e. The number of aromatic amines is 1. The number of nitrogens with one attached hydrogen (secondary N) is 1. The summed E-state index contributed by atoms with van der Waals surface area (Å²) >= 11 is 0. The molecule has 3 heterocycles. The number of nitriles is 1. The van der Waals surface area contributed by atoms with Gasteiger partial charge in [-0.3, -0.25) is 4.68 Å². The lowest BCUT2D eigenvalue weighted by molar-refractivity contribution is 0.238. The van der Waals surface area contributed by atoms with Gasteiger partial charge in [-0.2, -0.15) is 10.4 Å². The minimum atomic E-state index is -3.07. The first-order chi connectivity index (χ1) is 14.0. The summed E-state index contributed by atoms with van der Waals surface area (Å²) in [5.74, 6) is 0.278. The summed E-state index contributed by atoms with van der Waals surface area (Å²) in [7, 11) is -3.07. The number of H-pyrrole nitrogens is 1. The van der Waals surface area contributed by atoms with E-state index in [-0.39, 0.29) is 23.0 Å². The number of sulfone groups is 1. The van der Waals surface area contributed by atoms with Crippen molar-refractivity contribution in [1.29, 1.82) is 5.26 Å². The van der Waals surface area contributed by atoms with Crippen LogP contribution in [0.25, 0.3) is 22.3 Å². The van der Waals surface area contributed by atoms with Crippen LogP contribution in [0.3, 0.4) is 0 Å². The Hall–Kier alpha value is -2.73. The van der Waals surface area contributed by atoms with Crippen molar-refractivity contribution in [2.75, 3.05) is 5.75 Å². The van der Waals surface area contributed by atoms with Crippen molar-refractivity contribution in [1.82, 2.24) is 24.7 Å². The highest BCUT2D eigenvalue weighted by molar-refractivity contribution is 7.92. The Bertz CT molecular complexity index is 1140. The topological polar surface area (TPSA) is 117 Å². The van der Waals surface area contributed by atoms with Crippen molar-refractivity contribution in [3.05, 3.63) is 31.0 Å². The molecule has 1 saturated carbocycles. The van der Waals surface area contributed by atoms with Crippen molar-refractivity contribution in [3.63, 3.8) is 0 Å². The number of fused-ring (bicyclic) bond motifs is 1. The van der Waals surface area contributed by atoms with Gasteiger partial charge >= 0.3 is 0 Å². The van der Waals surface area contributed by atoms with Gasteiger partial charge in [-0.15, -0.1) is 0 Å². The van der Waals surface area contributed by atoms with Gasteiger partial charge in [0.25, 0.3) is 0 Å². The Kier molecular flexibility index (Phi) is 5.37. The van der Waals surface area contributed by atoms with Crippen molar-refractivity contribution >= 4 is 20.9 Å². The van der Waals surface area contributed by atoms with E-state index in [4.69, 9.17) is 0 Å². The van der Waals surface area contributed by atoms with Crippen molar-refractivity contribution in [3.8, 4) is 17.3 Å². The van der Waals surface area contributed by atoms with Crippen LogP contribution in [0.15, 0.2) is 31.0 Å². The third kappa shape index (κ3) is 3.77. The molecule has 0 aliphatic heterocycles. The molecule has 3 aromatic heterocycles. The van der Waals surface area contributed by atoms with E-state index >= 15 is 0 Å². The average Bonchev–Trinajstić information content (AvgIpc) is 3.41. The van der Waals surface area contributed by atoms with Crippen molar-refractivity contribution in [2.24, 2.45) is 5.92 Å². The Balaban J connectivity index is 1.63. The summed E-state index contributed by atoms with van der Waals surface area (Å²) in [4.78, 5) is 11.7. The summed E-state index contributed by atoms with van der Waals surface area (Å²) < 4.78 is 26.6. The van der Waals surface area contributed by atoms with Gasteiger partial charge in [0.1, 0.15) is 12.0 Å². The Morgan fingerprint density at radius 2 is 2.24 bits per heavy atom. The molecule has 0 radical (unpaired) electrons. The molecule has 1 unspecified atom stereocenters. The maximum Gasteiger partial charge on any atom is 0.152 e. The highest BCUT2D eigenvalue weighted by atomic mass is 32.2. The van der Waals surface area contributed by atoms with Crippen LogP contribution >= 0.6 is 0 Å². The van der Waals surface area contributed by atoms with Crippen LogP contribution in [0.2, 0.25) is 0 Å². The predicted octanol–water partition coefficient (Wildman–Crippen LogP) is 3.27. The fraction of sp³-hybridized carbons (Fsp3) is 0.500. The fourth-order valence-corrected chi connectivity index (χ4v) is 5.94.